The summed E-state index contributed by atoms with van der Waals surface area (Å²) in [4.78, 5) is 29.9. The number of hydrogen-bond donors (Lipinski definition) is 3. The van der Waals surface area contributed by atoms with Gasteiger partial charge in [-0.1, -0.05) is 74.0 Å². The third kappa shape index (κ3) is 8.10. The summed E-state index contributed by atoms with van der Waals surface area (Å²) in [5.41, 5.74) is 2.95. The predicted molar refractivity (Wildman–Crippen MR) is 189 cm³/mol. The van der Waals surface area contributed by atoms with Gasteiger partial charge >= 0.3 is 12.1 Å². The van der Waals surface area contributed by atoms with Crippen molar-refractivity contribution in [2.75, 3.05) is 43.4 Å². The standard InChI is InChI=1S/C36H42F3N11O3/c1-2-28-45-47-50(46-28)27-20-26(30(51)31(27)53-34(52)36(37,38)39)49-22-42-29-32(43-35(44-33(29)49)40-16-19-48-17-10-5-11-18-48)41-21-25(23-12-6-3-7-13-23)24-14-8-4-9-15-24/h3-4,6-9,12-15,22,25-27,30-31,51H,2,5,10-11,16-21H2,1H3,(H2,40,41,43,44)/t26-,27+,30+,31-/m1/s1. The number of aromatic nitrogens is 8. The largest absolute Gasteiger partial charge is 0.490 e. The second kappa shape index (κ2) is 15.8. The molecule has 2 fully saturated rings. The average molecular weight is 734 g/mol. The van der Waals surface area contributed by atoms with Gasteiger partial charge in [0.25, 0.3) is 0 Å². The molecule has 2 aromatic carbocycles. The number of rotatable bonds is 13. The van der Waals surface area contributed by atoms with Gasteiger partial charge in [0.05, 0.1) is 12.4 Å². The Morgan fingerprint density at radius 3 is 2.32 bits per heavy atom. The van der Waals surface area contributed by atoms with Crippen molar-refractivity contribution in [3.63, 3.8) is 0 Å². The number of carbonyl (C=O) groups excluding carboxylic acids is 1. The first-order valence-corrected chi connectivity index (χ1v) is 18.0. The minimum Gasteiger partial charge on any atom is -0.450 e. The molecule has 17 heteroatoms. The van der Waals surface area contributed by atoms with E-state index in [9.17, 15) is 23.1 Å². The lowest BCUT2D eigenvalue weighted by atomic mass is 9.91. The van der Waals surface area contributed by atoms with Gasteiger partial charge < -0.3 is 29.9 Å². The van der Waals surface area contributed by atoms with E-state index in [0.29, 0.717) is 48.3 Å². The van der Waals surface area contributed by atoms with E-state index in [2.05, 4.69) is 60.2 Å². The maximum atomic E-state index is 13.4. The van der Waals surface area contributed by atoms with Crippen molar-refractivity contribution < 1.29 is 27.8 Å². The number of carbonyl (C=O) groups is 1. The molecule has 0 amide bonds. The van der Waals surface area contributed by atoms with Crippen LogP contribution in [0.1, 0.15) is 67.6 Å². The van der Waals surface area contributed by atoms with Crippen molar-refractivity contribution in [3.05, 3.63) is 83.9 Å². The van der Waals surface area contributed by atoms with Crippen LogP contribution in [0.4, 0.5) is 24.9 Å². The Bertz CT molecular complexity index is 1930. The molecule has 3 aromatic heterocycles. The van der Waals surface area contributed by atoms with Gasteiger partial charge in [-0.3, -0.25) is 0 Å². The fourth-order valence-corrected chi connectivity index (χ4v) is 7.22. The zero-order valence-electron chi connectivity index (χ0n) is 29.2. The molecule has 1 saturated heterocycles. The molecule has 2 aliphatic rings. The van der Waals surface area contributed by atoms with E-state index in [1.54, 1.807) is 11.5 Å². The van der Waals surface area contributed by atoms with E-state index >= 15 is 0 Å². The molecule has 53 heavy (non-hydrogen) atoms. The Morgan fingerprint density at radius 1 is 0.981 bits per heavy atom. The Hall–Kier alpha value is -5.16. The molecule has 4 atom stereocenters. The number of piperidine rings is 1. The number of hydrogen-bond acceptors (Lipinski definition) is 12. The zero-order chi connectivity index (χ0) is 37.0. The molecule has 5 aromatic rings. The number of esters is 1. The quantitative estimate of drug-likeness (QED) is 0.145. The van der Waals surface area contributed by atoms with Crippen molar-refractivity contribution in [1.82, 2.24) is 44.6 Å². The van der Waals surface area contributed by atoms with Crippen LogP contribution in [-0.2, 0) is 16.0 Å². The van der Waals surface area contributed by atoms with Crippen LogP contribution in [0.5, 0.6) is 0 Å². The normalized spacial score (nSPS) is 20.9. The van der Waals surface area contributed by atoms with Gasteiger partial charge in [0.2, 0.25) is 5.95 Å². The number of tetrazole rings is 1. The van der Waals surface area contributed by atoms with Crippen LogP contribution in [0, 0.1) is 0 Å². The molecule has 7 rings (SSSR count). The number of imidazole rings is 1. The maximum Gasteiger partial charge on any atom is 0.490 e. The van der Waals surface area contributed by atoms with Crippen LogP contribution in [0.25, 0.3) is 11.2 Å². The van der Waals surface area contributed by atoms with Gasteiger partial charge in [-0.25, -0.2) is 9.78 Å². The summed E-state index contributed by atoms with van der Waals surface area (Å²) in [6.45, 7) is 5.70. The maximum absolute atomic E-state index is 13.4. The van der Waals surface area contributed by atoms with E-state index < -0.39 is 36.4 Å². The van der Waals surface area contributed by atoms with Crippen molar-refractivity contribution in [3.8, 4) is 0 Å². The van der Waals surface area contributed by atoms with Crippen molar-refractivity contribution in [2.24, 2.45) is 0 Å². The Morgan fingerprint density at radius 2 is 1.68 bits per heavy atom. The van der Waals surface area contributed by atoms with Crippen LogP contribution >= 0.6 is 0 Å². The fourth-order valence-electron chi connectivity index (χ4n) is 7.22. The van der Waals surface area contributed by atoms with Gasteiger partial charge in [-0.15, -0.1) is 10.2 Å². The Kier molecular flexibility index (Phi) is 10.8. The van der Waals surface area contributed by atoms with Gasteiger partial charge in [0.15, 0.2) is 28.9 Å². The third-order valence-corrected chi connectivity index (χ3v) is 9.97. The predicted octanol–water partition coefficient (Wildman–Crippen LogP) is 4.54. The SMILES string of the molecule is CCc1nnn([C@H]2C[C@@H](n3cnc4c(NCC(c5ccccc5)c5ccccc5)nc(NCCN5CCCCC5)nc43)[C@H](O)[C@@H]2OC(=O)C(F)(F)F)n1. The molecule has 0 unspecified atom stereocenters. The summed E-state index contributed by atoms with van der Waals surface area (Å²) in [6.07, 6.45) is -3.06. The van der Waals surface area contributed by atoms with Gasteiger partial charge in [-0.2, -0.15) is 27.9 Å². The number of anilines is 2. The van der Waals surface area contributed by atoms with E-state index in [1.165, 1.54) is 12.7 Å². The highest BCUT2D eigenvalue weighted by atomic mass is 19.4. The van der Waals surface area contributed by atoms with Crippen LogP contribution in [-0.4, -0.2) is 107 Å². The molecule has 0 radical (unpaired) electrons. The first-order valence-electron chi connectivity index (χ1n) is 18.0. The number of likely N-dealkylation sites (tertiary alicyclic amines) is 1. The number of alkyl halides is 3. The second-order valence-electron chi connectivity index (χ2n) is 13.4. The van der Waals surface area contributed by atoms with Crippen molar-refractivity contribution >= 4 is 28.9 Å². The number of nitrogens with zero attached hydrogens (tertiary/aromatic N) is 9. The van der Waals surface area contributed by atoms with Crippen LogP contribution in [0.2, 0.25) is 0 Å². The molecule has 1 saturated carbocycles. The highest BCUT2D eigenvalue weighted by molar-refractivity contribution is 5.84. The second-order valence-corrected chi connectivity index (χ2v) is 13.4. The van der Waals surface area contributed by atoms with E-state index in [-0.39, 0.29) is 12.3 Å². The molecule has 0 bridgehead atoms. The Labute approximate surface area is 303 Å². The lowest BCUT2D eigenvalue weighted by Gasteiger charge is -2.26. The van der Waals surface area contributed by atoms with E-state index in [0.717, 1.165) is 48.4 Å². The minimum atomic E-state index is -5.27. The highest BCUT2D eigenvalue weighted by Crippen LogP contribution is 2.42. The minimum absolute atomic E-state index is 0.00345. The summed E-state index contributed by atoms with van der Waals surface area (Å²) in [5.74, 6) is -1.33. The summed E-state index contributed by atoms with van der Waals surface area (Å²) >= 11 is 0. The lowest BCUT2D eigenvalue weighted by molar-refractivity contribution is -0.210. The topological polar surface area (TPSA) is 161 Å². The number of halogens is 3. The monoisotopic (exact) mass is 733 g/mol. The third-order valence-electron chi connectivity index (χ3n) is 9.97. The van der Waals surface area contributed by atoms with Crippen molar-refractivity contribution in [1.29, 1.82) is 0 Å². The Balaban J connectivity index is 1.23. The molecule has 14 nitrogen and oxygen atoms in total. The number of ether oxygens (including phenoxy) is 1. The van der Waals surface area contributed by atoms with Gasteiger partial charge in [-0.05, 0) is 48.7 Å². The number of aliphatic hydroxyl groups is 1. The van der Waals surface area contributed by atoms with Gasteiger partial charge in [0, 0.05) is 32.0 Å². The van der Waals surface area contributed by atoms with Crippen molar-refractivity contribution in [2.45, 2.75) is 75.4 Å². The van der Waals surface area contributed by atoms with E-state index in [1.807, 2.05) is 36.4 Å². The lowest BCUT2D eigenvalue weighted by Crippen LogP contribution is -2.39. The average Bonchev–Trinajstić information content (AvgIpc) is 3.90. The fraction of sp³-hybridized carbons (Fsp3) is 0.472. The smallest absolute Gasteiger partial charge is 0.450 e. The number of aryl methyl sites for hydroxylation is 1. The molecule has 1 aliphatic heterocycles. The number of benzene rings is 2. The van der Waals surface area contributed by atoms with E-state index in [4.69, 9.17) is 14.7 Å². The molecular formula is C36H42F3N11O3. The molecule has 0 spiro atoms. The van der Waals surface area contributed by atoms with Gasteiger partial charge in [0.1, 0.15) is 12.1 Å². The summed E-state index contributed by atoms with van der Waals surface area (Å²) in [7, 11) is 0. The molecule has 1 aliphatic carbocycles. The molecule has 280 valence electrons. The number of aliphatic hydroxyl groups excluding tert-OH is 1. The molecule has 4 heterocycles. The summed E-state index contributed by atoms with van der Waals surface area (Å²) in [5, 5.41) is 30.7. The van der Waals surface area contributed by atoms with Crippen LogP contribution < -0.4 is 10.6 Å². The number of nitrogens with one attached hydrogen (secondary N) is 2. The summed E-state index contributed by atoms with van der Waals surface area (Å²) < 4.78 is 46.7. The molecular weight excluding hydrogens is 691 g/mol. The van der Waals surface area contributed by atoms with Crippen LogP contribution in [0.3, 0.4) is 0 Å². The first kappa shape index (κ1) is 36.2. The highest BCUT2D eigenvalue weighted by Gasteiger charge is 2.52. The zero-order valence-corrected chi connectivity index (χ0v) is 29.2. The number of fused-ring (bicyclic) bond motifs is 1. The van der Waals surface area contributed by atoms with Crippen LogP contribution in [0.15, 0.2) is 67.0 Å². The molecule has 3 N–H and O–H groups in total. The first-order chi connectivity index (χ1) is 25.7. The summed E-state index contributed by atoms with van der Waals surface area (Å²) in [6, 6.07) is 18.3.